The Bertz CT molecular complexity index is 485. The topological polar surface area (TPSA) is 49.8 Å². The molecule has 0 aromatic carbocycles. The summed E-state index contributed by atoms with van der Waals surface area (Å²) in [5.41, 5.74) is 0.928. The molecule has 0 saturated carbocycles. The Morgan fingerprint density at radius 1 is 1.33 bits per heavy atom. The molecule has 138 valence electrons. The zero-order valence-electron chi connectivity index (χ0n) is 15.9. The SMILES string of the molecule is C=C(/C(=C/C=C(\C)F)CC)C(CCO)N(CC)C(=O)OC(C)(C)C. The number of carbonyl (C=O) groups excluding carboxylic acids is 1. The second-order valence-electron chi connectivity index (χ2n) is 6.62. The Hall–Kier alpha value is -1.62. The molecule has 4 nitrogen and oxygen atoms in total. The molecule has 0 aromatic heterocycles. The van der Waals surface area contributed by atoms with Gasteiger partial charge in [0, 0.05) is 13.2 Å². The maximum atomic E-state index is 13.0. The molecule has 1 N–H and O–H groups in total. The Morgan fingerprint density at radius 3 is 2.29 bits per heavy atom. The van der Waals surface area contributed by atoms with Crippen LogP contribution in [0.15, 0.2) is 35.7 Å². The minimum absolute atomic E-state index is 0.0854. The Kier molecular flexibility index (Phi) is 9.59. The number of aliphatic hydroxyl groups is 1. The smallest absolute Gasteiger partial charge is 0.410 e. The van der Waals surface area contributed by atoms with E-state index in [0.717, 1.165) is 5.57 Å². The lowest BCUT2D eigenvalue weighted by atomic mass is 9.94. The first-order valence-electron chi connectivity index (χ1n) is 8.39. The quantitative estimate of drug-likeness (QED) is 0.648. The highest BCUT2D eigenvalue weighted by Crippen LogP contribution is 2.24. The molecule has 0 saturated heterocycles. The number of nitrogens with zero attached hydrogens (tertiary/aromatic N) is 1. The number of ether oxygens (including phenoxy) is 1. The van der Waals surface area contributed by atoms with Crippen LogP contribution in [-0.4, -0.2) is 40.9 Å². The van der Waals surface area contributed by atoms with Gasteiger partial charge in [0.2, 0.25) is 0 Å². The van der Waals surface area contributed by atoms with Crippen molar-refractivity contribution in [1.82, 2.24) is 4.90 Å². The molecule has 0 spiro atoms. The van der Waals surface area contributed by atoms with Crippen molar-refractivity contribution >= 4 is 6.09 Å². The van der Waals surface area contributed by atoms with Gasteiger partial charge in [0.05, 0.1) is 11.9 Å². The summed E-state index contributed by atoms with van der Waals surface area (Å²) >= 11 is 0. The summed E-state index contributed by atoms with van der Waals surface area (Å²) in [6, 6.07) is -0.394. The number of halogens is 1. The minimum atomic E-state index is -0.604. The standard InChI is InChI=1S/C19H32FNO3/c1-8-16(11-10-14(3)20)15(4)17(12-13-22)21(9-2)18(23)24-19(5,6)7/h10-11,17,22H,4,8-9,12-13H2,1-3,5-7H3/b14-10+,16-11+. The van der Waals surface area contributed by atoms with Gasteiger partial charge in [0.15, 0.2) is 0 Å². The Morgan fingerprint density at radius 2 is 1.92 bits per heavy atom. The van der Waals surface area contributed by atoms with E-state index < -0.39 is 17.7 Å². The van der Waals surface area contributed by atoms with Crippen LogP contribution in [0.25, 0.3) is 0 Å². The number of likely N-dealkylation sites (N-methyl/N-ethyl adjacent to an activating group) is 1. The van der Waals surface area contributed by atoms with Crippen molar-refractivity contribution in [2.45, 2.75) is 66.0 Å². The lowest BCUT2D eigenvalue weighted by Crippen LogP contribution is -2.44. The van der Waals surface area contributed by atoms with Gasteiger partial charge in [-0.15, -0.1) is 0 Å². The van der Waals surface area contributed by atoms with Crippen LogP contribution in [0.3, 0.4) is 0 Å². The zero-order valence-corrected chi connectivity index (χ0v) is 15.9. The first-order valence-corrected chi connectivity index (χ1v) is 8.39. The van der Waals surface area contributed by atoms with Gasteiger partial charge >= 0.3 is 6.09 Å². The second-order valence-corrected chi connectivity index (χ2v) is 6.62. The lowest BCUT2D eigenvalue weighted by Gasteiger charge is -2.34. The van der Waals surface area contributed by atoms with Gasteiger partial charge in [-0.05, 0) is 64.7 Å². The van der Waals surface area contributed by atoms with Crippen molar-refractivity contribution in [3.05, 3.63) is 35.7 Å². The maximum Gasteiger partial charge on any atom is 0.410 e. The fourth-order valence-electron chi connectivity index (χ4n) is 2.32. The molecule has 24 heavy (non-hydrogen) atoms. The van der Waals surface area contributed by atoms with Crippen LogP contribution in [-0.2, 0) is 4.74 Å². The Balaban J connectivity index is 5.56. The Labute approximate surface area is 145 Å². The number of rotatable bonds is 8. The first kappa shape index (κ1) is 22.4. The number of allylic oxidation sites excluding steroid dienone is 3. The van der Waals surface area contributed by atoms with Gasteiger partial charge < -0.3 is 14.7 Å². The van der Waals surface area contributed by atoms with Gasteiger partial charge in [-0.25, -0.2) is 9.18 Å². The number of hydrogen-bond donors (Lipinski definition) is 1. The molecule has 0 bridgehead atoms. The number of amides is 1. The highest BCUT2D eigenvalue weighted by Gasteiger charge is 2.29. The molecule has 0 rings (SSSR count). The zero-order chi connectivity index (χ0) is 18.9. The van der Waals surface area contributed by atoms with E-state index in [4.69, 9.17) is 4.74 Å². The highest BCUT2D eigenvalue weighted by atomic mass is 19.1. The normalized spacial score (nSPS) is 14.3. The molecule has 0 aliphatic rings. The van der Waals surface area contributed by atoms with Crippen molar-refractivity contribution in [3.63, 3.8) is 0 Å². The van der Waals surface area contributed by atoms with E-state index in [-0.39, 0.29) is 12.4 Å². The molecule has 0 aliphatic carbocycles. The van der Waals surface area contributed by atoms with E-state index in [0.29, 0.717) is 25.0 Å². The summed E-state index contributed by atoms with van der Waals surface area (Å²) in [7, 11) is 0. The number of hydrogen-bond acceptors (Lipinski definition) is 3. The third-order valence-corrected chi connectivity index (χ3v) is 3.46. The van der Waals surface area contributed by atoms with Crippen LogP contribution < -0.4 is 0 Å². The lowest BCUT2D eigenvalue weighted by molar-refractivity contribution is 0.0185. The average Bonchev–Trinajstić information content (AvgIpc) is 2.45. The third kappa shape index (κ3) is 7.77. The molecule has 1 unspecified atom stereocenters. The molecule has 0 fully saturated rings. The summed E-state index contributed by atoms with van der Waals surface area (Å²) in [6.45, 7) is 15.0. The largest absolute Gasteiger partial charge is 0.444 e. The van der Waals surface area contributed by atoms with Gasteiger partial charge in [0.1, 0.15) is 5.60 Å². The predicted molar refractivity (Wildman–Crippen MR) is 96.5 cm³/mol. The summed E-state index contributed by atoms with van der Waals surface area (Å²) in [4.78, 5) is 14.0. The van der Waals surface area contributed by atoms with E-state index in [9.17, 15) is 14.3 Å². The first-order chi connectivity index (χ1) is 11.1. The van der Waals surface area contributed by atoms with Crippen LogP contribution >= 0.6 is 0 Å². The minimum Gasteiger partial charge on any atom is -0.444 e. The molecule has 1 atom stereocenters. The van der Waals surface area contributed by atoms with Crippen molar-refractivity contribution in [1.29, 1.82) is 0 Å². The maximum absolute atomic E-state index is 13.0. The van der Waals surface area contributed by atoms with Crippen LogP contribution in [0.1, 0.15) is 54.4 Å². The van der Waals surface area contributed by atoms with Crippen molar-refractivity contribution in [2.75, 3.05) is 13.2 Å². The molecular formula is C19H32FNO3. The van der Waals surface area contributed by atoms with E-state index >= 15 is 0 Å². The molecule has 0 aromatic rings. The van der Waals surface area contributed by atoms with Gasteiger partial charge in [-0.3, -0.25) is 0 Å². The summed E-state index contributed by atoms with van der Waals surface area (Å²) in [6.07, 6.45) is 3.60. The van der Waals surface area contributed by atoms with Crippen molar-refractivity contribution in [2.24, 2.45) is 0 Å². The van der Waals surface area contributed by atoms with Crippen LogP contribution in [0.5, 0.6) is 0 Å². The monoisotopic (exact) mass is 341 g/mol. The number of aliphatic hydroxyl groups excluding tert-OH is 1. The number of carbonyl (C=O) groups is 1. The van der Waals surface area contributed by atoms with E-state index in [1.54, 1.807) is 31.7 Å². The predicted octanol–water partition coefficient (Wildman–Crippen LogP) is 4.76. The summed E-state index contributed by atoms with van der Waals surface area (Å²) in [5, 5.41) is 9.41. The average molecular weight is 341 g/mol. The third-order valence-electron chi connectivity index (χ3n) is 3.46. The van der Waals surface area contributed by atoms with Crippen molar-refractivity contribution in [3.8, 4) is 0 Å². The highest BCUT2D eigenvalue weighted by molar-refractivity contribution is 5.69. The van der Waals surface area contributed by atoms with Gasteiger partial charge in [-0.1, -0.05) is 19.6 Å². The van der Waals surface area contributed by atoms with E-state index in [2.05, 4.69) is 6.58 Å². The molecule has 1 amide bonds. The van der Waals surface area contributed by atoms with Crippen LogP contribution in [0.4, 0.5) is 9.18 Å². The fourth-order valence-corrected chi connectivity index (χ4v) is 2.32. The molecule has 0 radical (unpaired) electrons. The van der Waals surface area contributed by atoms with Crippen LogP contribution in [0.2, 0.25) is 0 Å². The summed E-state index contributed by atoms with van der Waals surface area (Å²) in [5.74, 6) is -0.299. The fraction of sp³-hybridized carbons (Fsp3) is 0.632. The second kappa shape index (κ2) is 10.3. The van der Waals surface area contributed by atoms with E-state index in [1.807, 2.05) is 13.8 Å². The molecule has 5 heteroatoms. The van der Waals surface area contributed by atoms with Gasteiger partial charge in [0.25, 0.3) is 0 Å². The van der Waals surface area contributed by atoms with Crippen LogP contribution in [0, 0.1) is 0 Å². The van der Waals surface area contributed by atoms with E-state index in [1.165, 1.54) is 13.0 Å². The van der Waals surface area contributed by atoms with Crippen molar-refractivity contribution < 1.29 is 19.0 Å². The molecular weight excluding hydrogens is 309 g/mol. The van der Waals surface area contributed by atoms with Gasteiger partial charge in [-0.2, -0.15) is 0 Å². The molecule has 0 heterocycles. The summed E-state index contributed by atoms with van der Waals surface area (Å²) < 4.78 is 18.5. The molecule has 0 aliphatic heterocycles.